The SMILES string of the molecule is C=CC(=O)OCCc1ccccc1.C=O.C=O.C=O.[Cr]. The zero-order chi connectivity index (χ0) is 15.5. The van der Waals surface area contributed by atoms with E-state index in [1.165, 1.54) is 11.6 Å². The summed E-state index contributed by atoms with van der Waals surface area (Å²) in [4.78, 5) is 34.7. The van der Waals surface area contributed by atoms with E-state index in [2.05, 4.69) is 6.58 Å². The van der Waals surface area contributed by atoms with Crippen molar-refractivity contribution in [2.45, 2.75) is 6.42 Å². The van der Waals surface area contributed by atoms with E-state index in [-0.39, 0.29) is 23.3 Å². The first-order valence-electron chi connectivity index (χ1n) is 5.02. The van der Waals surface area contributed by atoms with E-state index in [0.717, 1.165) is 6.42 Å². The van der Waals surface area contributed by atoms with E-state index < -0.39 is 0 Å². The van der Waals surface area contributed by atoms with Gasteiger partial charge in [-0.25, -0.2) is 4.79 Å². The molecule has 0 bridgehead atoms. The van der Waals surface area contributed by atoms with Crippen LogP contribution in [0.2, 0.25) is 0 Å². The van der Waals surface area contributed by atoms with Gasteiger partial charge in [0, 0.05) is 29.9 Å². The summed E-state index contributed by atoms with van der Waals surface area (Å²) in [5.41, 5.74) is 1.17. The first-order valence-corrected chi connectivity index (χ1v) is 5.02. The van der Waals surface area contributed by atoms with Crippen molar-refractivity contribution in [1.82, 2.24) is 0 Å². The second-order valence-electron chi connectivity index (χ2n) is 2.61. The van der Waals surface area contributed by atoms with Crippen LogP contribution in [0.3, 0.4) is 0 Å². The third-order valence-corrected chi connectivity index (χ3v) is 1.64. The molecule has 0 amide bonds. The van der Waals surface area contributed by atoms with Gasteiger partial charge in [-0.3, -0.25) is 0 Å². The molecule has 20 heavy (non-hydrogen) atoms. The minimum Gasteiger partial charge on any atom is -0.462 e. The van der Waals surface area contributed by atoms with Gasteiger partial charge < -0.3 is 19.1 Å². The monoisotopic (exact) mass is 318 g/mol. The fraction of sp³-hybridized carbons (Fsp3) is 0.143. The molecule has 0 spiro atoms. The van der Waals surface area contributed by atoms with Gasteiger partial charge in [-0.05, 0) is 5.56 Å². The van der Waals surface area contributed by atoms with Gasteiger partial charge in [-0.2, -0.15) is 0 Å². The van der Waals surface area contributed by atoms with Crippen LogP contribution in [0.25, 0.3) is 0 Å². The summed E-state index contributed by atoms with van der Waals surface area (Å²) in [7, 11) is 0. The molecule has 5 nitrogen and oxygen atoms in total. The van der Waals surface area contributed by atoms with Crippen LogP contribution in [-0.2, 0) is 47.7 Å². The van der Waals surface area contributed by atoms with E-state index >= 15 is 0 Å². The molecule has 0 heterocycles. The Hall–Kier alpha value is -2.03. The molecule has 1 aromatic rings. The quantitative estimate of drug-likeness (QED) is 0.619. The van der Waals surface area contributed by atoms with E-state index in [1.807, 2.05) is 50.7 Å². The van der Waals surface area contributed by atoms with Crippen molar-refractivity contribution >= 4 is 26.3 Å². The Balaban J connectivity index is -0.000000162. The molecule has 110 valence electrons. The van der Waals surface area contributed by atoms with Gasteiger partial charge in [0.25, 0.3) is 0 Å². The van der Waals surface area contributed by atoms with Gasteiger partial charge in [-0.15, -0.1) is 0 Å². The van der Waals surface area contributed by atoms with Crippen LogP contribution in [0.15, 0.2) is 43.0 Å². The molecule has 0 unspecified atom stereocenters. The van der Waals surface area contributed by atoms with Crippen LogP contribution in [0.5, 0.6) is 0 Å². The molecule has 0 saturated carbocycles. The molecule has 0 radical (unpaired) electrons. The van der Waals surface area contributed by atoms with E-state index in [0.29, 0.717) is 6.61 Å². The summed E-state index contributed by atoms with van der Waals surface area (Å²) in [5.74, 6) is -0.365. The molecule has 0 N–H and O–H groups in total. The maximum absolute atomic E-state index is 10.7. The van der Waals surface area contributed by atoms with Gasteiger partial charge in [-0.1, -0.05) is 36.9 Å². The zero-order valence-corrected chi connectivity index (χ0v) is 12.4. The average Bonchev–Trinajstić information content (AvgIpc) is 2.54. The van der Waals surface area contributed by atoms with Crippen LogP contribution in [0, 0.1) is 0 Å². The third-order valence-electron chi connectivity index (χ3n) is 1.64. The first-order chi connectivity index (χ1) is 9.33. The normalized spacial score (nSPS) is 6.60. The Kier molecular flexibility index (Phi) is 34.1. The molecule has 0 fully saturated rings. The van der Waals surface area contributed by atoms with Gasteiger partial charge in [0.15, 0.2) is 0 Å². The molecule has 0 aliphatic rings. The predicted octanol–water partition coefficient (Wildman–Crippen LogP) is 1.40. The Morgan fingerprint density at radius 1 is 1.00 bits per heavy atom. The molecule has 0 atom stereocenters. The van der Waals surface area contributed by atoms with Gasteiger partial charge >= 0.3 is 5.97 Å². The Bertz CT molecular complexity index is 325. The maximum atomic E-state index is 10.7. The maximum Gasteiger partial charge on any atom is 0.330 e. The average molecular weight is 318 g/mol. The first kappa shape index (κ1) is 26.5. The van der Waals surface area contributed by atoms with E-state index in [1.54, 1.807) is 0 Å². The molecule has 1 aromatic carbocycles. The number of hydrogen-bond acceptors (Lipinski definition) is 5. The van der Waals surface area contributed by atoms with Crippen LogP contribution in [0.4, 0.5) is 0 Å². The fourth-order valence-corrected chi connectivity index (χ4v) is 0.973. The van der Waals surface area contributed by atoms with Crippen LogP contribution in [-0.4, -0.2) is 32.9 Å². The minimum absolute atomic E-state index is 0. The van der Waals surface area contributed by atoms with E-state index in [9.17, 15) is 4.79 Å². The molecule has 6 heteroatoms. The van der Waals surface area contributed by atoms with Crippen molar-refractivity contribution in [2.24, 2.45) is 0 Å². The van der Waals surface area contributed by atoms with Crippen LogP contribution in [0.1, 0.15) is 5.56 Å². The second-order valence-corrected chi connectivity index (χ2v) is 2.61. The van der Waals surface area contributed by atoms with Crippen LogP contribution >= 0.6 is 0 Å². The summed E-state index contributed by atoms with van der Waals surface area (Å²) in [6.07, 6.45) is 1.92. The van der Waals surface area contributed by atoms with Crippen molar-refractivity contribution in [3.05, 3.63) is 48.6 Å². The summed E-state index contributed by atoms with van der Waals surface area (Å²) < 4.78 is 4.84. The van der Waals surface area contributed by atoms with Crippen molar-refractivity contribution in [1.29, 1.82) is 0 Å². The smallest absolute Gasteiger partial charge is 0.330 e. The van der Waals surface area contributed by atoms with Crippen molar-refractivity contribution in [3.63, 3.8) is 0 Å². The summed E-state index contributed by atoms with van der Waals surface area (Å²) in [6, 6.07) is 9.89. The van der Waals surface area contributed by atoms with Crippen molar-refractivity contribution in [3.8, 4) is 0 Å². The number of hydrogen-bond donors (Lipinski definition) is 0. The number of carbonyl (C=O) groups excluding carboxylic acids is 4. The largest absolute Gasteiger partial charge is 0.462 e. The number of benzene rings is 1. The van der Waals surface area contributed by atoms with Gasteiger partial charge in [0.2, 0.25) is 0 Å². The molecule has 0 saturated heterocycles. The van der Waals surface area contributed by atoms with E-state index in [4.69, 9.17) is 19.1 Å². The fourth-order valence-electron chi connectivity index (χ4n) is 0.973. The molecule has 0 aliphatic carbocycles. The summed E-state index contributed by atoms with van der Waals surface area (Å²) in [6.45, 7) is 9.72. The number of ether oxygens (including phenoxy) is 1. The van der Waals surface area contributed by atoms with Gasteiger partial charge in [0.05, 0.1) is 6.61 Å². The minimum atomic E-state index is -0.365. The molecule has 0 aliphatic heterocycles. The molecule has 1 rings (SSSR count). The van der Waals surface area contributed by atoms with Crippen molar-refractivity contribution in [2.75, 3.05) is 6.61 Å². The zero-order valence-electron chi connectivity index (χ0n) is 11.2. The molecular weight excluding hydrogens is 300 g/mol. The molecular formula is C14H18CrO5. The topological polar surface area (TPSA) is 77.5 Å². The second kappa shape index (κ2) is 25.7. The standard InChI is InChI=1S/C11H12O2.3CH2O.Cr/c1-2-11(12)13-9-8-10-6-4-3-5-7-10;3*1-2;/h2-7H,1,8-9H2;3*1H2;. The predicted molar refractivity (Wildman–Crippen MR) is 72.7 cm³/mol. The van der Waals surface area contributed by atoms with Crippen molar-refractivity contribution < 1.29 is 41.3 Å². The Labute approximate surface area is 129 Å². The third kappa shape index (κ3) is 18.3. The number of esters is 1. The molecule has 0 aromatic heterocycles. The number of carbonyl (C=O) groups is 4. The summed E-state index contributed by atoms with van der Waals surface area (Å²) >= 11 is 0. The Morgan fingerprint density at radius 2 is 1.45 bits per heavy atom. The Morgan fingerprint density at radius 3 is 1.85 bits per heavy atom. The number of rotatable bonds is 4. The van der Waals surface area contributed by atoms with Gasteiger partial charge in [0.1, 0.15) is 20.4 Å². The summed E-state index contributed by atoms with van der Waals surface area (Å²) in [5, 5.41) is 0. The van der Waals surface area contributed by atoms with Crippen LogP contribution < -0.4 is 0 Å².